The average molecular weight is 194 g/mol. The molecule has 0 radical (unpaired) electrons. The summed E-state index contributed by atoms with van der Waals surface area (Å²) in [4.78, 5) is 10.8. The molecule has 0 aliphatic carbocycles. The Kier molecular flexibility index (Phi) is 7.23. The monoisotopic (exact) mass is 194 g/mol. The van der Waals surface area contributed by atoms with Crippen LogP contribution in [0.5, 0.6) is 0 Å². The van der Waals surface area contributed by atoms with Crippen molar-refractivity contribution in [1.82, 2.24) is 0 Å². The van der Waals surface area contributed by atoms with Crippen LogP contribution < -0.4 is 0 Å². The lowest BCUT2D eigenvalue weighted by Crippen LogP contribution is -2.22. The number of rotatable bonds is 6. The Bertz CT molecular complexity index is 125. The SMILES string of the molecule is CCCC(=O)OCC(CO)OS. The van der Waals surface area contributed by atoms with E-state index in [1.165, 1.54) is 0 Å². The predicted molar refractivity (Wildman–Crippen MR) is 46.8 cm³/mol. The van der Waals surface area contributed by atoms with E-state index in [2.05, 4.69) is 17.1 Å². The molecule has 0 saturated carbocycles. The molecule has 0 aliphatic heterocycles. The molecule has 12 heavy (non-hydrogen) atoms. The van der Waals surface area contributed by atoms with Crippen molar-refractivity contribution in [3.05, 3.63) is 0 Å². The van der Waals surface area contributed by atoms with Crippen molar-refractivity contribution in [3.63, 3.8) is 0 Å². The molecule has 1 unspecified atom stereocenters. The normalized spacial score (nSPS) is 12.6. The third kappa shape index (κ3) is 5.40. The Balaban J connectivity index is 3.44. The van der Waals surface area contributed by atoms with Gasteiger partial charge in [-0.15, -0.1) is 0 Å². The van der Waals surface area contributed by atoms with Crippen molar-refractivity contribution >= 4 is 18.9 Å². The highest BCUT2D eigenvalue weighted by Gasteiger charge is 2.09. The van der Waals surface area contributed by atoms with Crippen LogP contribution in [0.25, 0.3) is 0 Å². The topological polar surface area (TPSA) is 55.8 Å². The molecule has 0 rings (SSSR count). The number of carbonyl (C=O) groups is 1. The smallest absolute Gasteiger partial charge is 0.305 e. The highest BCUT2D eigenvalue weighted by atomic mass is 32.1. The van der Waals surface area contributed by atoms with Crippen LogP contribution in [0.1, 0.15) is 19.8 Å². The first-order valence-corrected chi connectivity index (χ1v) is 4.17. The van der Waals surface area contributed by atoms with Crippen molar-refractivity contribution in [2.24, 2.45) is 0 Å². The van der Waals surface area contributed by atoms with E-state index in [0.717, 1.165) is 6.42 Å². The molecular formula is C7H14O4S. The minimum atomic E-state index is -0.533. The number of carbonyl (C=O) groups excluding carboxylic acids is 1. The maximum atomic E-state index is 10.8. The Morgan fingerprint density at radius 2 is 2.33 bits per heavy atom. The zero-order valence-corrected chi connectivity index (χ0v) is 7.92. The van der Waals surface area contributed by atoms with Gasteiger partial charge in [-0.3, -0.25) is 4.79 Å². The maximum absolute atomic E-state index is 10.8. The van der Waals surface area contributed by atoms with Gasteiger partial charge >= 0.3 is 5.97 Å². The minimum absolute atomic E-state index is 0.0544. The fourth-order valence-electron chi connectivity index (χ4n) is 0.579. The van der Waals surface area contributed by atoms with Gasteiger partial charge in [0.15, 0.2) is 0 Å². The van der Waals surface area contributed by atoms with Gasteiger partial charge in [-0.1, -0.05) is 6.92 Å². The summed E-state index contributed by atoms with van der Waals surface area (Å²) in [6.45, 7) is 1.74. The summed E-state index contributed by atoms with van der Waals surface area (Å²) in [5.74, 6) is -0.277. The van der Waals surface area contributed by atoms with E-state index in [1.807, 2.05) is 6.92 Å². The van der Waals surface area contributed by atoms with Gasteiger partial charge in [0.2, 0.25) is 0 Å². The highest BCUT2D eigenvalue weighted by molar-refractivity contribution is 7.75. The molecule has 0 spiro atoms. The third-order valence-corrected chi connectivity index (χ3v) is 1.54. The molecule has 0 fully saturated rings. The summed E-state index contributed by atoms with van der Waals surface area (Å²) in [6.07, 6.45) is 0.615. The second kappa shape index (κ2) is 7.39. The number of hydrogen-bond acceptors (Lipinski definition) is 5. The molecule has 0 heterocycles. The quantitative estimate of drug-likeness (QED) is 0.368. The number of hydrogen-bond donors (Lipinski definition) is 2. The first-order chi connectivity index (χ1) is 5.74. The van der Waals surface area contributed by atoms with Gasteiger partial charge < -0.3 is 14.0 Å². The lowest BCUT2D eigenvalue weighted by Gasteiger charge is -2.10. The molecule has 5 heteroatoms. The summed E-state index contributed by atoms with van der Waals surface area (Å²) in [5, 5.41) is 8.60. The minimum Gasteiger partial charge on any atom is -0.463 e. The fraction of sp³-hybridized carbons (Fsp3) is 0.857. The van der Waals surface area contributed by atoms with Crippen molar-refractivity contribution < 1.29 is 18.8 Å². The van der Waals surface area contributed by atoms with Crippen LogP contribution in [-0.4, -0.2) is 30.4 Å². The molecule has 0 amide bonds. The van der Waals surface area contributed by atoms with Crippen LogP contribution in [-0.2, 0) is 13.7 Å². The second-order valence-electron chi connectivity index (χ2n) is 2.34. The molecule has 0 aliphatic rings. The zero-order chi connectivity index (χ0) is 9.40. The fourth-order valence-corrected chi connectivity index (χ4v) is 0.706. The molecule has 0 bridgehead atoms. The van der Waals surface area contributed by atoms with E-state index in [0.29, 0.717) is 6.42 Å². The summed E-state index contributed by atoms with van der Waals surface area (Å²) < 4.78 is 9.25. The average Bonchev–Trinajstić information content (AvgIpc) is 2.07. The van der Waals surface area contributed by atoms with Gasteiger partial charge in [0.1, 0.15) is 12.7 Å². The number of aliphatic hydroxyl groups excluding tert-OH is 1. The molecular weight excluding hydrogens is 180 g/mol. The predicted octanol–water partition coefficient (Wildman–Crippen LogP) is 0.552. The van der Waals surface area contributed by atoms with E-state index in [-0.39, 0.29) is 19.2 Å². The molecule has 0 aromatic heterocycles. The third-order valence-electron chi connectivity index (χ3n) is 1.24. The lowest BCUT2D eigenvalue weighted by atomic mass is 10.3. The van der Waals surface area contributed by atoms with Crippen LogP contribution in [0.4, 0.5) is 0 Å². The highest BCUT2D eigenvalue weighted by Crippen LogP contribution is 1.97. The number of ether oxygens (including phenoxy) is 1. The molecule has 0 saturated heterocycles. The van der Waals surface area contributed by atoms with Crippen LogP contribution >= 0.6 is 12.9 Å². The van der Waals surface area contributed by atoms with Gasteiger partial charge in [0.05, 0.1) is 6.61 Å². The maximum Gasteiger partial charge on any atom is 0.305 e. The number of thiol groups is 1. The lowest BCUT2D eigenvalue weighted by molar-refractivity contribution is -0.146. The Morgan fingerprint density at radius 3 is 2.75 bits per heavy atom. The summed E-state index contributed by atoms with van der Waals surface area (Å²) in [5.41, 5.74) is 0. The first-order valence-electron chi connectivity index (χ1n) is 3.81. The van der Waals surface area contributed by atoms with Crippen LogP contribution in [0.2, 0.25) is 0 Å². The van der Waals surface area contributed by atoms with Crippen molar-refractivity contribution in [1.29, 1.82) is 0 Å². The van der Waals surface area contributed by atoms with E-state index in [1.54, 1.807) is 0 Å². The molecule has 72 valence electrons. The van der Waals surface area contributed by atoms with Crippen molar-refractivity contribution in [3.8, 4) is 0 Å². The van der Waals surface area contributed by atoms with Crippen LogP contribution in [0.3, 0.4) is 0 Å². The van der Waals surface area contributed by atoms with E-state index in [9.17, 15) is 4.79 Å². The summed E-state index contributed by atoms with van der Waals surface area (Å²) in [6, 6.07) is 0. The zero-order valence-electron chi connectivity index (χ0n) is 7.02. The van der Waals surface area contributed by atoms with Gasteiger partial charge in [-0.25, -0.2) is 0 Å². The van der Waals surface area contributed by atoms with E-state index in [4.69, 9.17) is 9.84 Å². The van der Waals surface area contributed by atoms with Gasteiger partial charge in [-0.05, 0) is 19.3 Å². The van der Waals surface area contributed by atoms with E-state index >= 15 is 0 Å². The summed E-state index contributed by atoms with van der Waals surface area (Å²) in [7, 11) is 0. The first kappa shape index (κ1) is 11.7. The molecule has 0 aromatic carbocycles. The number of esters is 1. The molecule has 1 atom stereocenters. The van der Waals surface area contributed by atoms with Crippen molar-refractivity contribution in [2.45, 2.75) is 25.9 Å². The second-order valence-corrected chi connectivity index (χ2v) is 2.55. The van der Waals surface area contributed by atoms with Crippen LogP contribution in [0.15, 0.2) is 0 Å². The molecule has 1 N–H and O–H groups in total. The largest absolute Gasteiger partial charge is 0.463 e. The van der Waals surface area contributed by atoms with Gasteiger partial charge in [-0.2, -0.15) is 0 Å². The standard InChI is InChI=1S/C7H14O4S/c1-2-3-7(9)10-5-6(4-8)11-12/h6,8,12H,2-5H2,1H3. The Labute approximate surface area is 77.5 Å². The number of aliphatic hydroxyl groups is 1. The molecule has 0 aromatic rings. The Morgan fingerprint density at radius 1 is 1.67 bits per heavy atom. The Hall–Kier alpha value is -0.260. The van der Waals surface area contributed by atoms with Crippen molar-refractivity contribution in [2.75, 3.05) is 13.2 Å². The van der Waals surface area contributed by atoms with E-state index < -0.39 is 6.10 Å². The molecule has 4 nitrogen and oxygen atoms in total. The summed E-state index contributed by atoms with van der Waals surface area (Å²) >= 11 is 3.50. The van der Waals surface area contributed by atoms with Gasteiger partial charge in [0, 0.05) is 6.42 Å². The van der Waals surface area contributed by atoms with Crippen LogP contribution in [0, 0.1) is 0 Å². The van der Waals surface area contributed by atoms with Gasteiger partial charge in [0.25, 0.3) is 0 Å².